The lowest BCUT2D eigenvalue weighted by Crippen LogP contribution is -2.52. The predicted octanol–water partition coefficient (Wildman–Crippen LogP) is 1.56. The van der Waals surface area contributed by atoms with E-state index in [4.69, 9.17) is 0 Å². The van der Waals surface area contributed by atoms with Gasteiger partial charge >= 0.3 is 0 Å². The average Bonchev–Trinajstić information content (AvgIpc) is 2.53. The highest BCUT2D eigenvalue weighted by Gasteiger charge is 2.37. The lowest BCUT2D eigenvalue weighted by Gasteiger charge is -2.41. The summed E-state index contributed by atoms with van der Waals surface area (Å²) >= 11 is 0. The van der Waals surface area contributed by atoms with Crippen molar-refractivity contribution in [3.63, 3.8) is 0 Å². The number of likely N-dealkylation sites (N-methyl/N-ethyl adjacent to an activating group) is 2. The van der Waals surface area contributed by atoms with Gasteiger partial charge in [-0.15, -0.1) is 0 Å². The minimum absolute atomic E-state index is 0.187. The normalized spacial score (nSPS) is 27.9. The van der Waals surface area contributed by atoms with Crippen LogP contribution < -0.4 is 0 Å². The first-order valence-corrected chi connectivity index (χ1v) is 6.48. The number of aliphatic hydroxyl groups excluding tert-OH is 1. The number of unbranched alkanes of at least 4 members (excludes halogenated alkanes) is 1. The minimum atomic E-state index is -0.198. The Morgan fingerprint density at radius 3 is 2.44 bits per heavy atom. The van der Waals surface area contributed by atoms with Gasteiger partial charge in [-0.3, -0.25) is 4.90 Å². The summed E-state index contributed by atoms with van der Waals surface area (Å²) in [4.78, 5) is 4.58. The van der Waals surface area contributed by atoms with Crippen LogP contribution in [0.4, 0.5) is 0 Å². The monoisotopic (exact) mass is 228 g/mol. The van der Waals surface area contributed by atoms with Crippen molar-refractivity contribution in [3.05, 3.63) is 0 Å². The van der Waals surface area contributed by atoms with E-state index in [9.17, 15) is 5.11 Å². The largest absolute Gasteiger partial charge is 0.390 e. The van der Waals surface area contributed by atoms with Gasteiger partial charge in [0.2, 0.25) is 0 Å². The fourth-order valence-electron chi connectivity index (χ4n) is 2.57. The van der Waals surface area contributed by atoms with Crippen molar-refractivity contribution in [3.8, 4) is 0 Å². The predicted molar refractivity (Wildman–Crippen MR) is 68.7 cm³/mol. The van der Waals surface area contributed by atoms with Crippen LogP contribution in [0.15, 0.2) is 0 Å². The number of nitrogens with zero attached hydrogens (tertiary/aromatic N) is 2. The molecule has 0 radical (unpaired) electrons. The molecule has 1 fully saturated rings. The summed E-state index contributed by atoms with van der Waals surface area (Å²) in [5, 5.41) is 10.0. The molecule has 1 aliphatic rings. The van der Waals surface area contributed by atoms with Crippen molar-refractivity contribution in [2.45, 2.75) is 57.7 Å². The van der Waals surface area contributed by atoms with Crippen LogP contribution in [0.5, 0.6) is 0 Å². The Balaban J connectivity index is 2.58. The minimum Gasteiger partial charge on any atom is -0.390 e. The number of likely N-dealkylation sites (tertiary alicyclic amines) is 1. The molecule has 0 spiro atoms. The molecule has 2 atom stereocenters. The molecular weight excluding hydrogens is 200 g/mol. The van der Waals surface area contributed by atoms with Gasteiger partial charge in [-0.25, -0.2) is 0 Å². The molecule has 3 nitrogen and oxygen atoms in total. The van der Waals surface area contributed by atoms with E-state index in [1.54, 1.807) is 0 Å². The number of aliphatic hydroxyl groups is 1. The Labute approximate surface area is 100 Å². The maximum atomic E-state index is 10.0. The summed E-state index contributed by atoms with van der Waals surface area (Å²) in [6.07, 6.45) is 3.50. The van der Waals surface area contributed by atoms with E-state index < -0.39 is 0 Å². The summed E-state index contributed by atoms with van der Waals surface area (Å²) in [6, 6.07) is 0.289. The molecule has 0 aromatic carbocycles. The molecule has 0 aliphatic carbocycles. The number of hydrogen-bond acceptors (Lipinski definition) is 3. The molecule has 1 saturated heterocycles. The third kappa shape index (κ3) is 3.19. The van der Waals surface area contributed by atoms with Crippen molar-refractivity contribution < 1.29 is 5.11 Å². The van der Waals surface area contributed by atoms with E-state index >= 15 is 0 Å². The van der Waals surface area contributed by atoms with Gasteiger partial charge in [-0.05, 0) is 34.4 Å². The molecule has 0 aromatic rings. The van der Waals surface area contributed by atoms with Crippen LogP contribution in [-0.2, 0) is 0 Å². The quantitative estimate of drug-likeness (QED) is 0.773. The molecule has 96 valence electrons. The fourth-order valence-corrected chi connectivity index (χ4v) is 2.57. The van der Waals surface area contributed by atoms with Crippen molar-refractivity contribution in [1.82, 2.24) is 9.80 Å². The third-order valence-electron chi connectivity index (χ3n) is 4.04. The first kappa shape index (κ1) is 13.9. The smallest absolute Gasteiger partial charge is 0.0834 e. The highest BCUT2D eigenvalue weighted by Crippen LogP contribution is 2.26. The second kappa shape index (κ2) is 5.48. The molecule has 16 heavy (non-hydrogen) atoms. The molecule has 1 aliphatic heterocycles. The molecule has 0 unspecified atom stereocenters. The molecule has 0 saturated carbocycles. The summed E-state index contributed by atoms with van der Waals surface area (Å²) in [5.74, 6) is 0. The van der Waals surface area contributed by atoms with E-state index in [0.29, 0.717) is 0 Å². The van der Waals surface area contributed by atoms with Gasteiger partial charge < -0.3 is 10.0 Å². The molecule has 1 heterocycles. The van der Waals surface area contributed by atoms with E-state index in [1.165, 1.54) is 19.3 Å². The van der Waals surface area contributed by atoms with Crippen molar-refractivity contribution in [2.75, 3.05) is 27.2 Å². The highest BCUT2D eigenvalue weighted by atomic mass is 16.3. The summed E-state index contributed by atoms with van der Waals surface area (Å²) in [5.41, 5.74) is 0.187. The van der Waals surface area contributed by atoms with Gasteiger partial charge in [0.25, 0.3) is 0 Å². The Bertz CT molecular complexity index is 218. The fraction of sp³-hybridized carbons (Fsp3) is 1.00. The maximum Gasteiger partial charge on any atom is 0.0834 e. The van der Waals surface area contributed by atoms with Crippen LogP contribution in [0, 0.1) is 0 Å². The molecule has 0 aromatic heterocycles. The highest BCUT2D eigenvalue weighted by molar-refractivity contribution is 4.94. The Hall–Kier alpha value is -0.120. The van der Waals surface area contributed by atoms with Crippen molar-refractivity contribution >= 4 is 0 Å². The molecule has 1 N–H and O–H groups in total. The average molecular weight is 228 g/mol. The van der Waals surface area contributed by atoms with Crippen molar-refractivity contribution in [1.29, 1.82) is 0 Å². The maximum absolute atomic E-state index is 10.0. The number of β-amino-alcohol motifs (C(OH)–C–C–N with tert-alkyl or cyclic N) is 1. The molecule has 0 amide bonds. The van der Waals surface area contributed by atoms with Gasteiger partial charge in [0.1, 0.15) is 0 Å². The van der Waals surface area contributed by atoms with Gasteiger partial charge in [0.05, 0.1) is 6.10 Å². The molecular formula is C13H28N2O. The number of rotatable bonds is 5. The van der Waals surface area contributed by atoms with E-state index in [0.717, 1.165) is 13.1 Å². The molecule has 3 heteroatoms. The first-order chi connectivity index (χ1) is 7.38. The zero-order valence-corrected chi connectivity index (χ0v) is 11.5. The van der Waals surface area contributed by atoms with Crippen LogP contribution in [-0.4, -0.2) is 59.8 Å². The Morgan fingerprint density at radius 2 is 2.00 bits per heavy atom. The topological polar surface area (TPSA) is 26.7 Å². The SMILES string of the molecule is CCCCC(C)(C)N(C)[C@H]1CN(C)C[C@@H]1O. The van der Waals surface area contributed by atoms with E-state index in [1.807, 2.05) is 0 Å². The first-order valence-electron chi connectivity index (χ1n) is 6.48. The van der Waals surface area contributed by atoms with Crippen LogP contribution in [0.1, 0.15) is 40.0 Å². The Kier molecular flexibility index (Phi) is 4.77. The number of hydrogen-bond donors (Lipinski definition) is 1. The van der Waals surface area contributed by atoms with Gasteiger partial charge in [0, 0.05) is 24.7 Å². The lowest BCUT2D eigenvalue weighted by molar-refractivity contribution is 0.0327. The van der Waals surface area contributed by atoms with Crippen molar-refractivity contribution in [2.24, 2.45) is 0 Å². The standard InChI is InChI=1S/C13H28N2O/c1-6-7-8-13(2,3)15(5)11-9-14(4)10-12(11)16/h11-12,16H,6-10H2,1-5H3/t11-,12-/m0/s1. The molecule has 1 rings (SSSR count). The zero-order chi connectivity index (χ0) is 12.3. The van der Waals surface area contributed by atoms with E-state index in [2.05, 4.69) is 44.7 Å². The Morgan fingerprint density at radius 1 is 1.38 bits per heavy atom. The van der Waals surface area contributed by atoms with Gasteiger partial charge in [-0.1, -0.05) is 19.8 Å². The zero-order valence-electron chi connectivity index (χ0n) is 11.5. The molecule has 0 bridgehead atoms. The summed E-state index contributed by atoms with van der Waals surface area (Å²) < 4.78 is 0. The van der Waals surface area contributed by atoms with E-state index in [-0.39, 0.29) is 17.7 Å². The van der Waals surface area contributed by atoms with Gasteiger partial charge in [0.15, 0.2) is 0 Å². The summed E-state index contributed by atoms with van der Waals surface area (Å²) in [7, 11) is 4.23. The van der Waals surface area contributed by atoms with Crippen LogP contribution in [0.25, 0.3) is 0 Å². The summed E-state index contributed by atoms with van der Waals surface area (Å²) in [6.45, 7) is 8.59. The second-order valence-electron chi connectivity index (χ2n) is 5.88. The third-order valence-corrected chi connectivity index (χ3v) is 4.04. The van der Waals surface area contributed by atoms with Crippen LogP contribution in [0.2, 0.25) is 0 Å². The van der Waals surface area contributed by atoms with Crippen LogP contribution >= 0.6 is 0 Å². The van der Waals surface area contributed by atoms with Gasteiger partial charge in [-0.2, -0.15) is 0 Å². The second-order valence-corrected chi connectivity index (χ2v) is 5.88. The van der Waals surface area contributed by atoms with Crippen LogP contribution in [0.3, 0.4) is 0 Å². The lowest BCUT2D eigenvalue weighted by atomic mass is 9.93.